The van der Waals surface area contributed by atoms with Crippen molar-refractivity contribution in [1.82, 2.24) is 4.67 Å². The van der Waals surface area contributed by atoms with Crippen LogP contribution in [0, 0.1) is 0 Å². The Hall–Kier alpha value is -0.810. The van der Waals surface area contributed by atoms with Crippen molar-refractivity contribution in [2.45, 2.75) is 32.7 Å². The molecule has 1 heterocycles. The van der Waals surface area contributed by atoms with E-state index in [2.05, 4.69) is 24.3 Å². The standard InChI is InChI=1S/C16H24N2O3PS/c1-3-20-22(23,21-4-2)18-11-12-19-16(18)17-15-10-9-13-7-5-6-8-14(13)15/h5-8,15,23H,3-4,9-12H2,1-2H3/q+1. The van der Waals surface area contributed by atoms with Crippen LogP contribution in [-0.4, -0.2) is 37.1 Å². The topological polar surface area (TPSA) is 43.3 Å². The number of ether oxygens (including phenoxy) is 1. The fourth-order valence-corrected chi connectivity index (χ4v) is 5.92. The molecule has 126 valence electrons. The Morgan fingerprint density at radius 1 is 1.30 bits per heavy atom. The molecule has 0 aromatic heterocycles. The van der Waals surface area contributed by atoms with Crippen LogP contribution in [0.4, 0.5) is 0 Å². The van der Waals surface area contributed by atoms with Gasteiger partial charge in [0.1, 0.15) is 6.61 Å². The summed E-state index contributed by atoms with van der Waals surface area (Å²) in [4.78, 5) is 4.87. The predicted molar refractivity (Wildman–Crippen MR) is 96.8 cm³/mol. The summed E-state index contributed by atoms with van der Waals surface area (Å²) in [5.41, 5.74) is 2.68. The van der Waals surface area contributed by atoms with E-state index < -0.39 is 7.07 Å². The van der Waals surface area contributed by atoms with Crippen LogP contribution in [0.5, 0.6) is 0 Å². The largest absolute Gasteiger partial charge is 0.461 e. The Bertz CT molecular complexity index is 578. The molecule has 1 unspecified atom stereocenters. The number of hydrogen-bond acceptors (Lipinski definition) is 5. The fourth-order valence-electron chi connectivity index (χ4n) is 3.05. The third-order valence-corrected chi connectivity index (χ3v) is 7.53. The van der Waals surface area contributed by atoms with Crippen molar-refractivity contribution in [2.75, 3.05) is 26.4 Å². The SMILES string of the molecule is CCO[P+](S)(OCC)N1CCOC1=NC1CCc2ccccc21. The first-order valence-corrected chi connectivity index (χ1v) is 10.9. The Morgan fingerprint density at radius 2 is 2.04 bits per heavy atom. The average molecular weight is 355 g/mol. The monoisotopic (exact) mass is 355 g/mol. The van der Waals surface area contributed by atoms with E-state index in [4.69, 9.17) is 31.0 Å². The van der Waals surface area contributed by atoms with Gasteiger partial charge in [0.25, 0.3) is 0 Å². The molecule has 7 heteroatoms. The third kappa shape index (κ3) is 3.50. The van der Waals surface area contributed by atoms with Crippen LogP contribution in [-0.2, 0) is 20.2 Å². The maximum Gasteiger partial charge on any atom is 0.441 e. The van der Waals surface area contributed by atoms with Crippen molar-refractivity contribution < 1.29 is 13.8 Å². The first kappa shape index (κ1) is 17.0. The molecule has 0 saturated carbocycles. The summed E-state index contributed by atoms with van der Waals surface area (Å²) < 4.78 is 19.4. The molecule has 0 spiro atoms. The molecule has 5 nitrogen and oxygen atoms in total. The molecule has 2 aliphatic rings. The van der Waals surface area contributed by atoms with Crippen LogP contribution < -0.4 is 0 Å². The summed E-state index contributed by atoms with van der Waals surface area (Å²) in [5.74, 6) is 0. The van der Waals surface area contributed by atoms with E-state index in [1.54, 1.807) is 0 Å². The summed E-state index contributed by atoms with van der Waals surface area (Å²) in [6, 6.07) is 9.25. The molecule has 0 bridgehead atoms. The average Bonchev–Trinajstić information content (AvgIpc) is 3.16. The molecule has 1 fully saturated rings. The summed E-state index contributed by atoms with van der Waals surface area (Å²) >= 11 is 4.72. The zero-order valence-corrected chi connectivity index (χ0v) is 15.4. The lowest BCUT2D eigenvalue weighted by atomic mass is 10.1. The highest BCUT2D eigenvalue weighted by atomic mass is 32.7. The summed E-state index contributed by atoms with van der Waals surface area (Å²) in [6.07, 6.45) is 2.08. The molecule has 1 aliphatic heterocycles. The highest BCUT2D eigenvalue weighted by Gasteiger charge is 2.52. The van der Waals surface area contributed by atoms with E-state index in [1.165, 1.54) is 11.1 Å². The molecule has 3 rings (SSSR count). The van der Waals surface area contributed by atoms with Crippen LogP contribution in [0.2, 0.25) is 0 Å². The van der Waals surface area contributed by atoms with E-state index in [0.717, 1.165) is 12.8 Å². The number of fused-ring (bicyclic) bond motifs is 1. The normalized spacial score (nSPS) is 22.5. The maximum atomic E-state index is 5.84. The minimum atomic E-state index is -2.44. The van der Waals surface area contributed by atoms with Crippen molar-refractivity contribution in [2.24, 2.45) is 4.99 Å². The lowest BCUT2D eigenvalue weighted by Gasteiger charge is -2.24. The van der Waals surface area contributed by atoms with Crippen molar-refractivity contribution >= 4 is 25.3 Å². The van der Waals surface area contributed by atoms with Crippen LogP contribution in [0.3, 0.4) is 0 Å². The molecule has 1 aromatic carbocycles. The van der Waals surface area contributed by atoms with Gasteiger partial charge in [-0.15, -0.1) is 4.67 Å². The quantitative estimate of drug-likeness (QED) is 0.618. The minimum Gasteiger partial charge on any atom is -0.461 e. The number of hydrogen-bond donors (Lipinski definition) is 1. The molecule has 1 aliphatic carbocycles. The molecule has 1 saturated heterocycles. The minimum absolute atomic E-state index is 0.145. The van der Waals surface area contributed by atoms with E-state index >= 15 is 0 Å². The van der Waals surface area contributed by atoms with Crippen molar-refractivity contribution in [3.05, 3.63) is 35.4 Å². The van der Waals surface area contributed by atoms with E-state index in [-0.39, 0.29) is 6.04 Å². The van der Waals surface area contributed by atoms with Gasteiger partial charge >= 0.3 is 13.1 Å². The van der Waals surface area contributed by atoms with Gasteiger partial charge in [-0.25, -0.2) is 4.99 Å². The number of aryl methyl sites for hydroxylation is 1. The zero-order chi connectivity index (χ0) is 16.3. The van der Waals surface area contributed by atoms with Gasteiger partial charge in [-0.1, -0.05) is 24.3 Å². The first-order valence-electron chi connectivity index (χ1n) is 8.15. The van der Waals surface area contributed by atoms with Gasteiger partial charge in [-0.3, -0.25) is 0 Å². The second-order valence-corrected chi connectivity index (χ2v) is 8.96. The van der Waals surface area contributed by atoms with Gasteiger partial charge in [0.2, 0.25) is 0 Å². The second kappa shape index (κ2) is 7.39. The van der Waals surface area contributed by atoms with Crippen LogP contribution >= 0.6 is 19.3 Å². The summed E-state index contributed by atoms with van der Waals surface area (Å²) in [7, 11) is -2.44. The molecular formula is C16H24N2O3PS+. The lowest BCUT2D eigenvalue weighted by Crippen LogP contribution is -2.27. The Morgan fingerprint density at radius 3 is 2.78 bits per heavy atom. The van der Waals surface area contributed by atoms with Crippen LogP contribution in [0.1, 0.15) is 37.4 Å². The number of nitrogens with zero attached hydrogens (tertiary/aromatic N) is 2. The summed E-state index contributed by atoms with van der Waals surface area (Å²) in [6.45, 7) is 6.29. The number of benzene rings is 1. The van der Waals surface area contributed by atoms with Gasteiger partial charge in [-0.2, -0.15) is 9.05 Å². The molecule has 0 N–H and O–H groups in total. The van der Waals surface area contributed by atoms with Gasteiger partial charge in [0, 0.05) is 0 Å². The molecule has 23 heavy (non-hydrogen) atoms. The molecule has 0 radical (unpaired) electrons. The zero-order valence-electron chi connectivity index (χ0n) is 13.6. The van der Waals surface area contributed by atoms with E-state index in [0.29, 0.717) is 32.4 Å². The van der Waals surface area contributed by atoms with Crippen molar-refractivity contribution in [3.8, 4) is 0 Å². The molecule has 0 amide bonds. The van der Waals surface area contributed by atoms with Gasteiger partial charge in [0.15, 0.2) is 0 Å². The first-order chi connectivity index (χ1) is 11.2. The lowest BCUT2D eigenvalue weighted by molar-refractivity contribution is 0.237. The number of aliphatic imine (C=N–C) groups is 1. The number of amidine groups is 1. The third-order valence-electron chi connectivity index (χ3n) is 4.02. The van der Waals surface area contributed by atoms with Crippen molar-refractivity contribution in [3.63, 3.8) is 0 Å². The molecular weight excluding hydrogens is 331 g/mol. The van der Waals surface area contributed by atoms with E-state index in [1.807, 2.05) is 18.5 Å². The Kier molecular flexibility index (Phi) is 5.47. The smallest absolute Gasteiger partial charge is 0.441 e. The highest BCUT2D eigenvalue weighted by Crippen LogP contribution is 2.69. The Balaban J connectivity index is 1.84. The summed E-state index contributed by atoms with van der Waals surface area (Å²) in [5, 5.41) is 0. The second-order valence-electron chi connectivity index (χ2n) is 5.46. The number of rotatable bonds is 6. The van der Waals surface area contributed by atoms with Crippen molar-refractivity contribution in [1.29, 1.82) is 0 Å². The highest BCUT2D eigenvalue weighted by molar-refractivity contribution is 8.48. The maximum absolute atomic E-state index is 5.84. The molecule has 1 atom stereocenters. The molecule has 1 aromatic rings. The van der Waals surface area contributed by atoms with Crippen LogP contribution in [0.15, 0.2) is 29.3 Å². The van der Waals surface area contributed by atoms with Gasteiger partial charge < -0.3 is 4.74 Å². The Labute approximate surface area is 143 Å². The van der Waals surface area contributed by atoms with E-state index in [9.17, 15) is 0 Å². The fraction of sp³-hybridized carbons (Fsp3) is 0.562. The van der Waals surface area contributed by atoms with Gasteiger partial charge in [0.05, 0.1) is 38.0 Å². The van der Waals surface area contributed by atoms with Crippen LogP contribution in [0.25, 0.3) is 0 Å². The van der Waals surface area contributed by atoms with Gasteiger partial charge in [-0.05, 0) is 37.8 Å². The number of thiol groups is 1. The predicted octanol–water partition coefficient (Wildman–Crippen LogP) is 4.04.